The van der Waals surface area contributed by atoms with Gasteiger partial charge in [-0.15, -0.1) is 11.5 Å². The molecule has 2 aliphatic rings. The van der Waals surface area contributed by atoms with Crippen LogP contribution in [-0.2, 0) is 9.47 Å². The van der Waals surface area contributed by atoms with Gasteiger partial charge >= 0.3 is 0 Å². The van der Waals surface area contributed by atoms with Gasteiger partial charge in [-0.05, 0) is 25.7 Å². The van der Waals surface area contributed by atoms with Gasteiger partial charge in [0.25, 0.3) is 0 Å². The molecule has 0 bridgehead atoms. The minimum atomic E-state index is -1.39. The highest BCUT2D eigenvalue weighted by Gasteiger charge is 2.49. The second kappa shape index (κ2) is 6.80. The molecule has 5 heteroatoms. The molecule has 120 valence electrons. The molecule has 0 radical (unpaired) electrons. The van der Waals surface area contributed by atoms with Gasteiger partial charge in [0, 0.05) is 6.42 Å². The van der Waals surface area contributed by atoms with E-state index in [4.69, 9.17) is 9.47 Å². The Labute approximate surface area is 128 Å². The first kappa shape index (κ1) is 17.0. The lowest BCUT2D eigenvalue weighted by Gasteiger charge is -2.33. The van der Waals surface area contributed by atoms with E-state index in [1.165, 1.54) is 0 Å². The van der Waals surface area contributed by atoms with Crippen LogP contribution < -0.4 is 0 Å². The summed E-state index contributed by atoms with van der Waals surface area (Å²) in [6, 6.07) is 0. The molecule has 0 amide bonds. The Hall–Kier alpha value is -0.383. The first-order valence-corrected chi connectivity index (χ1v) is 11.4. The maximum Gasteiger partial charge on any atom is 0.129 e. The summed E-state index contributed by atoms with van der Waals surface area (Å²) in [5.74, 6) is 3.33. The van der Waals surface area contributed by atoms with Crippen molar-refractivity contribution in [2.75, 3.05) is 13.2 Å². The average Bonchev–Trinajstić information content (AvgIpc) is 3.04. The second-order valence-electron chi connectivity index (χ2n) is 7.26. The van der Waals surface area contributed by atoms with Crippen LogP contribution in [0.3, 0.4) is 0 Å². The molecule has 21 heavy (non-hydrogen) atoms. The van der Waals surface area contributed by atoms with E-state index >= 15 is 0 Å². The first-order valence-electron chi connectivity index (χ1n) is 7.93. The summed E-state index contributed by atoms with van der Waals surface area (Å²) in [5, 5.41) is 18.6. The van der Waals surface area contributed by atoms with Gasteiger partial charge in [0.15, 0.2) is 0 Å². The number of aliphatic hydroxyl groups is 2. The fraction of sp³-hybridized carbons (Fsp3) is 0.875. The Morgan fingerprint density at radius 3 is 2.33 bits per heavy atom. The minimum Gasteiger partial charge on any atom is -0.394 e. The number of ether oxygens (including phenoxy) is 2. The number of hydrogen-bond acceptors (Lipinski definition) is 4. The number of hydrogen-bond donors (Lipinski definition) is 2. The maximum absolute atomic E-state index is 9.36. The molecular weight excluding hydrogens is 284 g/mol. The predicted molar refractivity (Wildman–Crippen MR) is 84.6 cm³/mol. The molecule has 4 atom stereocenters. The van der Waals surface area contributed by atoms with E-state index in [9.17, 15) is 10.2 Å². The molecule has 4 nitrogen and oxygen atoms in total. The molecule has 2 rings (SSSR count). The molecular formula is C16H28O4Si. The highest BCUT2D eigenvalue weighted by molar-refractivity contribution is 6.83. The van der Waals surface area contributed by atoms with Crippen molar-refractivity contribution in [2.24, 2.45) is 0 Å². The van der Waals surface area contributed by atoms with Crippen LogP contribution >= 0.6 is 0 Å². The Bertz CT molecular complexity index is 409. The lowest BCUT2D eigenvalue weighted by molar-refractivity contribution is -0.142. The zero-order chi connectivity index (χ0) is 15.5. The third-order valence-corrected chi connectivity index (χ3v) is 5.17. The van der Waals surface area contributed by atoms with Crippen LogP contribution in [0.2, 0.25) is 19.6 Å². The largest absolute Gasteiger partial charge is 0.394 e. The van der Waals surface area contributed by atoms with E-state index in [-0.39, 0.29) is 31.5 Å². The van der Waals surface area contributed by atoms with Crippen LogP contribution in [-0.4, -0.2) is 55.4 Å². The molecule has 2 heterocycles. The van der Waals surface area contributed by atoms with Gasteiger partial charge in [-0.3, -0.25) is 0 Å². The van der Waals surface area contributed by atoms with E-state index in [0.29, 0.717) is 6.42 Å². The van der Waals surface area contributed by atoms with Crippen molar-refractivity contribution < 1.29 is 19.7 Å². The lowest BCUT2D eigenvalue weighted by atomic mass is 9.88. The summed E-state index contributed by atoms with van der Waals surface area (Å²) < 4.78 is 12.1. The van der Waals surface area contributed by atoms with Crippen molar-refractivity contribution in [3.8, 4) is 11.5 Å². The summed E-state index contributed by atoms with van der Waals surface area (Å²) in [6.45, 7) is 6.81. The summed E-state index contributed by atoms with van der Waals surface area (Å²) in [6.07, 6.45) is 3.98. The smallest absolute Gasteiger partial charge is 0.129 e. The van der Waals surface area contributed by atoms with E-state index in [1.807, 2.05) is 0 Å². The number of aliphatic hydroxyl groups excluding tert-OH is 2. The summed E-state index contributed by atoms with van der Waals surface area (Å²) in [7, 11) is -1.39. The molecule has 0 aromatic rings. The second-order valence-corrected chi connectivity index (χ2v) is 12.0. The Morgan fingerprint density at radius 2 is 1.81 bits per heavy atom. The molecule has 0 spiro atoms. The quantitative estimate of drug-likeness (QED) is 0.613. The predicted octanol–water partition coefficient (Wildman–Crippen LogP) is 1.71. The zero-order valence-corrected chi connectivity index (χ0v) is 14.4. The van der Waals surface area contributed by atoms with Crippen molar-refractivity contribution in [3.63, 3.8) is 0 Å². The summed E-state index contributed by atoms with van der Waals surface area (Å²) in [4.78, 5) is 0. The summed E-state index contributed by atoms with van der Waals surface area (Å²) in [5.41, 5.74) is 3.00. The van der Waals surface area contributed by atoms with E-state index in [2.05, 4.69) is 31.1 Å². The molecule has 2 N–H and O–H groups in total. The van der Waals surface area contributed by atoms with Crippen LogP contribution in [0.4, 0.5) is 0 Å². The molecule has 2 aliphatic heterocycles. The fourth-order valence-electron chi connectivity index (χ4n) is 3.15. The molecule has 0 aromatic carbocycles. The van der Waals surface area contributed by atoms with Crippen LogP contribution in [0.1, 0.15) is 32.1 Å². The van der Waals surface area contributed by atoms with E-state index in [1.54, 1.807) is 0 Å². The third-order valence-electron chi connectivity index (χ3n) is 4.24. The SMILES string of the molecule is C[Si](C)(C)C#CCC1(C2CCC(CO)O2)CCC(CO)O1. The molecule has 2 fully saturated rings. The van der Waals surface area contributed by atoms with Gasteiger partial charge in [-0.25, -0.2) is 0 Å². The highest BCUT2D eigenvalue weighted by atomic mass is 28.3. The molecule has 2 saturated heterocycles. The summed E-state index contributed by atoms with van der Waals surface area (Å²) >= 11 is 0. The van der Waals surface area contributed by atoms with Crippen molar-refractivity contribution in [1.29, 1.82) is 0 Å². The lowest BCUT2D eigenvalue weighted by Crippen LogP contribution is -2.43. The fourth-order valence-corrected chi connectivity index (χ4v) is 3.77. The molecule has 0 aliphatic carbocycles. The van der Waals surface area contributed by atoms with Crippen LogP contribution in [0, 0.1) is 11.5 Å². The van der Waals surface area contributed by atoms with Crippen molar-refractivity contribution >= 4 is 8.07 Å². The maximum atomic E-state index is 9.36. The van der Waals surface area contributed by atoms with Crippen molar-refractivity contribution in [3.05, 3.63) is 0 Å². The standard InChI is InChI=1S/C16H28O4Si/c1-21(2,3)10-4-8-16(9-7-14(12-18)20-16)15-6-5-13(11-17)19-15/h13-15,17-18H,5-9,11-12H2,1-3H3. The molecule has 0 saturated carbocycles. The average molecular weight is 312 g/mol. The van der Waals surface area contributed by atoms with Gasteiger partial charge < -0.3 is 19.7 Å². The van der Waals surface area contributed by atoms with E-state index in [0.717, 1.165) is 25.7 Å². The Kier molecular flexibility index (Phi) is 5.50. The molecule has 0 aromatic heterocycles. The highest BCUT2D eigenvalue weighted by Crippen LogP contribution is 2.42. The topological polar surface area (TPSA) is 58.9 Å². The first-order chi connectivity index (χ1) is 9.88. The normalized spacial score (nSPS) is 36.5. The molecule has 4 unspecified atom stereocenters. The van der Waals surface area contributed by atoms with E-state index < -0.39 is 13.7 Å². The van der Waals surface area contributed by atoms with Gasteiger partial charge in [-0.2, -0.15) is 0 Å². The Balaban J connectivity index is 2.10. The van der Waals surface area contributed by atoms with Crippen LogP contribution in [0.25, 0.3) is 0 Å². The zero-order valence-electron chi connectivity index (χ0n) is 13.4. The van der Waals surface area contributed by atoms with Crippen molar-refractivity contribution in [1.82, 2.24) is 0 Å². The van der Waals surface area contributed by atoms with Crippen LogP contribution in [0.5, 0.6) is 0 Å². The van der Waals surface area contributed by atoms with Gasteiger partial charge in [0.1, 0.15) is 13.7 Å². The third kappa shape index (κ3) is 4.30. The minimum absolute atomic E-state index is 0.0119. The van der Waals surface area contributed by atoms with Gasteiger partial charge in [0.05, 0.1) is 31.5 Å². The Morgan fingerprint density at radius 1 is 1.10 bits per heavy atom. The van der Waals surface area contributed by atoms with Crippen molar-refractivity contribution in [2.45, 2.75) is 75.7 Å². The monoisotopic (exact) mass is 312 g/mol. The van der Waals surface area contributed by atoms with Gasteiger partial charge in [0.2, 0.25) is 0 Å². The number of rotatable bonds is 4. The van der Waals surface area contributed by atoms with Crippen LogP contribution in [0.15, 0.2) is 0 Å². The van der Waals surface area contributed by atoms with Gasteiger partial charge in [-0.1, -0.05) is 19.6 Å².